The van der Waals surface area contributed by atoms with Crippen LogP contribution < -0.4 is 9.64 Å². The minimum atomic E-state index is -0.180. The molecule has 1 fully saturated rings. The summed E-state index contributed by atoms with van der Waals surface area (Å²) < 4.78 is 6.80. The van der Waals surface area contributed by atoms with E-state index >= 15 is 0 Å². The molecule has 0 bridgehead atoms. The van der Waals surface area contributed by atoms with Gasteiger partial charge in [-0.05, 0) is 17.5 Å². The average Bonchev–Trinajstić information content (AvgIpc) is 3.34. The average molecular weight is 366 g/mol. The Morgan fingerprint density at radius 1 is 1.12 bits per heavy atom. The number of hydrogen-bond donors (Lipinski definition) is 0. The van der Waals surface area contributed by atoms with Crippen molar-refractivity contribution < 1.29 is 9.53 Å². The number of benzene rings is 1. The predicted octanol–water partition coefficient (Wildman–Crippen LogP) is 2.52. The summed E-state index contributed by atoms with van der Waals surface area (Å²) in [6, 6.07) is 9.85. The van der Waals surface area contributed by atoms with E-state index in [0.29, 0.717) is 19.7 Å². The number of hydrogen-bond acceptors (Lipinski definition) is 6. The summed E-state index contributed by atoms with van der Waals surface area (Å²) in [5, 5.41) is 2.04. The topological polar surface area (TPSA) is 58.6 Å². The first-order chi connectivity index (χ1) is 12.8. The third-order valence-electron chi connectivity index (χ3n) is 5.11. The lowest BCUT2D eigenvalue weighted by atomic mass is 9.99. The Labute approximate surface area is 155 Å². The second-order valence-electron chi connectivity index (χ2n) is 6.55. The molecule has 7 heteroatoms. The molecule has 1 unspecified atom stereocenters. The maximum Gasteiger partial charge on any atom is 0.233 e. The minimum Gasteiger partial charge on any atom is -0.492 e. The second kappa shape index (κ2) is 6.25. The molecule has 3 aromatic rings. The van der Waals surface area contributed by atoms with Crippen LogP contribution >= 0.6 is 11.3 Å². The summed E-state index contributed by atoms with van der Waals surface area (Å²) >= 11 is 1.66. The largest absolute Gasteiger partial charge is 0.492 e. The number of anilines is 1. The van der Waals surface area contributed by atoms with Gasteiger partial charge in [0.1, 0.15) is 30.4 Å². The van der Waals surface area contributed by atoms with Crippen LogP contribution in [0.15, 0.2) is 42.0 Å². The lowest BCUT2D eigenvalue weighted by Crippen LogP contribution is -2.50. The molecule has 0 radical (unpaired) electrons. The Balaban J connectivity index is 1.30. The number of aromatic nitrogens is 2. The molecule has 2 aliphatic rings. The summed E-state index contributed by atoms with van der Waals surface area (Å²) in [6.07, 6.45) is 1.62. The van der Waals surface area contributed by atoms with Crippen molar-refractivity contribution in [1.29, 1.82) is 0 Å². The van der Waals surface area contributed by atoms with E-state index in [1.165, 1.54) is 0 Å². The number of carbonyl (C=O) groups excluding carboxylic acids is 1. The highest BCUT2D eigenvalue weighted by Crippen LogP contribution is 2.35. The number of fused-ring (bicyclic) bond motifs is 2. The lowest BCUT2D eigenvalue weighted by molar-refractivity contribution is -0.133. The number of rotatable bonds is 2. The fourth-order valence-electron chi connectivity index (χ4n) is 3.73. The number of ether oxygens (including phenoxy) is 1. The first-order valence-electron chi connectivity index (χ1n) is 8.75. The molecule has 1 atom stereocenters. The number of para-hydroxylation sites is 1. The second-order valence-corrected chi connectivity index (χ2v) is 7.46. The third kappa shape index (κ3) is 2.50. The quantitative estimate of drug-likeness (QED) is 0.698. The Kier molecular flexibility index (Phi) is 3.74. The van der Waals surface area contributed by atoms with E-state index in [9.17, 15) is 4.79 Å². The van der Waals surface area contributed by atoms with Crippen LogP contribution in [0.25, 0.3) is 10.2 Å². The Morgan fingerprint density at radius 2 is 1.96 bits per heavy atom. The number of thiophene rings is 1. The van der Waals surface area contributed by atoms with Gasteiger partial charge in [0.05, 0.1) is 10.2 Å². The maximum absolute atomic E-state index is 13.0. The molecule has 2 aliphatic heterocycles. The van der Waals surface area contributed by atoms with E-state index in [4.69, 9.17) is 4.74 Å². The van der Waals surface area contributed by atoms with Gasteiger partial charge in [-0.15, -0.1) is 11.3 Å². The van der Waals surface area contributed by atoms with Gasteiger partial charge in [0, 0.05) is 31.7 Å². The summed E-state index contributed by atoms with van der Waals surface area (Å²) in [5.41, 5.74) is 1.99. The SMILES string of the molecule is O=C(C1COc2ccccc21)N1CCN(c2ncnc3ccsc23)CC1. The highest BCUT2D eigenvalue weighted by Gasteiger charge is 2.34. The molecular weight excluding hydrogens is 348 g/mol. The normalized spacial score (nSPS) is 19.5. The van der Waals surface area contributed by atoms with Gasteiger partial charge in [0.2, 0.25) is 5.91 Å². The zero-order valence-electron chi connectivity index (χ0n) is 14.2. The van der Waals surface area contributed by atoms with E-state index in [0.717, 1.165) is 40.4 Å². The summed E-state index contributed by atoms with van der Waals surface area (Å²) in [5.74, 6) is 1.80. The van der Waals surface area contributed by atoms with Gasteiger partial charge in [0.15, 0.2) is 0 Å². The Hall–Kier alpha value is -2.67. The molecule has 0 aliphatic carbocycles. The van der Waals surface area contributed by atoms with Gasteiger partial charge in [-0.3, -0.25) is 4.79 Å². The van der Waals surface area contributed by atoms with Crippen molar-refractivity contribution >= 4 is 33.3 Å². The fourth-order valence-corrected chi connectivity index (χ4v) is 4.59. The molecule has 0 saturated carbocycles. The van der Waals surface area contributed by atoms with Gasteiger partial charge in [-0.25, -0.2) is 9.97 Å². The van der Waals surface area contributed by atoms with E-state index in [-0.39, 0.29) is 11.8 Å². The molecular formula is C19H18N4O2S. The summed E-state index contributed by atoms with van der Waals surface area (Å²) in [7, 11) is 0. The number of amides is 1. The van der Waals surface area contributed by atoms with Crippen LogP contribution in [0, 0.1) is 0 Å². The van der Waals surface area contributed by atoms with Gasteiger partial charge in [-0.2, -0.15) is 0 Å². The van der Waals surface area contributed by atoms with Gasteiger partial charge in [-0.1, -0.05) is 18.2 Å². The molecule has 0 spiro atoms. The van der Waals surface area contributed by atoms with Crippen molar-refractivity contribution in [2.75, 3.05) is 37.7 Å². The number of piperazine rings is 1. The van der Waals surface area contributed by atoms with Crippen molar-refractivity contribution in [1.82, 2.24) is 14.9 Å². The number of carbonyl (C=O) groups is 1. The van der Waals surface area contributed by atoms with E-state index in [1.54, 1.807) is 17.7 Å². The van der Waals surface area contributed by atoms with Crippen LogP contribution in [-0.4, -0.2) is 53.6 Å². The van der Waals surface area contributed by atoms with Crippen LogP contribution in [0.5, 0.6) is 5.75 Å². The van der Waals surface area contributed by atoms with Crippen molar-refractivity contribution in [3.05, 3.63) is 47.6 Å². The zero-order valence-corrected chi connectivity index (χ0v) is 15.0. The van der Waals surface area contributed by atoms with Crippen LogP contribution in [0.4, 0.5) is 5.82 Å². The van der Waals surface area contributed by atoms with Gasteiger partial charge >= 0.3 is 0 Å². The summed E-state index contributed by atoms with van der Waals surface area (Å²) in [4.78, 5) is 26.0. The van der Waals surface area contributed by atoms with Gasteiger partial charge < -0.3 is 14.5 Å². The molecule has 1 amide bonds. The van der Waals surface area contributed by atoms with E-state index in [1.807, 2.05) is 40.6 Å². The first-order valence-corrected chi connectivity index (χ1v) is 9.63. The van der Waals surface area contributed by atoms with Crippen LogP contribution in [0.1, 0.15) is 11.5 Å². The van der Waals surface area contributed by atoms with E-state index < -0.39 is 0 Å². The predicted molar refractivity (Wildman–Crippen MR) is 101 cm³/mol. The van der Waals surface area contributed by atoms with Crippen molar-refractivity contribution in [3.63, 3.8) is 0 Å². The monoisotopic (exact) mass is 366 g/mol. The molecule has 132 valence electrons. The highest BCUT2D eigenvalue weighted by atomic mass is 32.1. The smallest absolute Gasteiger partial charge is 0.233 e. The molecule has 1 aromatic carbocycles. The zero-order chi connectivity index (χ0) is 17.5. The molecule has 4 heterocycles. The highest BCUT2D eigenvalue weighted by molar-refractivity contribution is 7.17. The molecule has 5 rings (SSSR count). The lowest BCUT2D eigenvalue weighted by Gasteiger charge is -2.36. The Morgan fingerprint density at radius 3 is 2.85 bits per heavy atom. The summed E-state index contributed by atoms with van der Waals surface area (Å²) in [6.45, 7) is 3.42. The molecule has 6 nitrogen and oxygen atoms in total. The van der Waals surface area contributed by atoms with E-state index in [2.05, 4.69) is 14.9 Å². The molecule has 0 N–H and O–H groups in total. The van der Waals surface area contributed by atoms with Crippen molar-refractivity contribution in [3.8, 4) is 5.75 Å². The minimum absolute atomic E-state index is 0.165. The van der Waals surface area contributed by atoms with Crippen LogP contribution in [0.2, 0.25) is 0 Å². The van der Waals surface area contributed by atoms with Crippen LogP contribution in [0.3, 0.4) is 0 Å². The Bertz CT molecular complexity index is 965. The standard InChI is InChI=1S/C19H18N4O2S/c24-19(14-11-25-16-4-2-1-3-13(14)16)23-8-6-22(7-9-23)18-17-15(5-10-26-17)20-12-21-18/h1-5,10,12,14H,6-9,11H2. The first kappa shape index (κ1) is 15.6. The molecule has 26 heavy (non-hydrogen) atoms. The van der Waals surface area contributed by atoms with Crippen molar-refractivity contribution in [2.24, 2.45) is 0 Å². The third-order valence-corrected chi connectivity index (χ3v) is 6.01. The van der Waals surface area contributed by atoms with Crippen LogP contribution in [-0.2, 0) is 4.79 Å². The molecule has 2 aromatic heterocycles. The number of nitrogens with zero attached hydrogens (tertiary/aromatic N) is 4. The van der Waals surface area contributed by atoms with Crippen molar-refractivity contribution in [2.45, 2.75) is 5.92 Å². The van der Waals surface area contributed by atoms with Gasteiger partial charge in [0.25, 0.3) is 0 Å². The molecule has 1 saturated heterocycles. The fraction of sp³-hybridized carbons (Fsp3) is 0.316. The maximum atomic E-state index is 13.0.